The van der Waals surface area contributed by atoms with E-state index in [0.29, 0.717) is 16.9 Å². The summed E-state index contributed by atoms with van der Waals surface area (Å²) in [6.45, 7) is 8.40. The van der Waals surface area contributed by atoms with Crippen LogP contribution < -0.4 is 0 Å². The van der Waals surface area contributed by atoms with E-state index in [0.717, 1.165) is 44.1 Å². The topological polar surface area (TPSA) is 29.5 Å². The molecule has 3 aliphatic rings. The van der Waals surface area contributed by atoms with Gasteiger partial charge >= 0.3 is 0 Å². The molecule has 20 heavy (non-hydrogen) atoms. The van der Waals surface area contributed by atoms with Crippen LogP contribution in [-0.4, -0.2) is 23.9 Å². The Kier molecular flexibility index (Phi) is 3.92. The fraction of sp³-hybridized carbons (Fsp3) is 1.00. The smallest absolute Gasteiger partial charge is 0.0599 e. The first kappa shape index (κ1) is 14.8. The molecule has 0 amide bonds. The fourth-order valence-corrected chi connectivity index (χ4v) is 5.45. The van der Waals surface area contributed by atoms with Crippen LogP contribution in [0, 0.1) is 22.7 Å². The zero-order chi connectivity index (χ0) is 14.4. The van der Waals surface area contributed by atoms with E-state index in [9.17, 15) is 5.11 Å². The van der Waals surface area contributed by atoms with E-state index in [-0.39, 0.29) is 6.10 Å². The number of aliphatic hydroxyl groups excluding tert-OH is 1. The number of fused-ring (bicyclic) bond motifs is 2. The van der Waals surface area contributed by atoms with Gasteiger partial charge in [-0.2, -0.15) is 0 Å². The molecule has 3 rings (SSSR count). The molecule has 2 nitrogen and oxygen atoms in total. The summed E-state index contributed by atoms with van der Waals surface area (Å²) < 4.78 is 6.08. The van der Waals surface area contributed by atoms with Gasteiger partial charge in [0.2, 0.25) is 0 Å². The highest BCUT2D eigenvalue weighted by molar-refractivity contribution is 5.09. The van der Waals surface area contributed by atoms with Crippen molar-refractivity contribution in [1.29, 1.82) is 0 Å². The average Bonchev–Trinajstić information content (AvgIpc) is 2.72. The second kappa shape index (κ2) is 5.28. The summed E-state index contributed by atoms with van der Waals surface area (Å²) >= 11 is 0. The van der Waals surface area contributed by atoms with Crippen molar-refractivity contribution >= 4 is 0 Å². The molecule has 5 atom stereocenters. The predicted octanol–water partition coefficient (Wildman–Crippen LogP) is 4.16. The minimum absolute atomic E-state index is 0.118. The van der Waals surface area contributed by atoms with Crippen molar-refractivity contribution in [3.05, 3.63) is 0 Å². The highest BCUT2D eigenvalue weighted by Gasteiger charge is 2.60. The molecule has 2 bridgehead atoms. The summed E-state index contributed by atoms with van der Waals surface area (Å²) in [7, 11) is 0. The van der Waals surface area contributed by atoms with Crippen molar-refractivity contribution in [3.8, 4) is 0 Å². The number of aliphatic hydroxyl groups is 1. The van der Waals surface area contributed by atoms with Crippen LogP contribution in [0.1, 0.15) is 72.1 Å². The molecule has 0 saturated heterocycles. The van der Waals surface area contributed by atoms with E-state index in [1.807, 2.05) is 0 Å². The summed E-state index contributed by atoms with van der Waals surface area (Å²) in [6.07, 6.45) is 9.80. The molecule has 0 radical (unpaired) electrons. The Balaban J connectivity index is 1.48. The summed E-state index contributed by atoms with van der Waals surface area (Å²) in [6, 6.07) is 0. The van der Waals surface area contributed by atoms with E-state index in [4.69, 9.17) is 4.74 Å². The van der Waals surface area contributed by atoms with E-state index in [1.165, 1.54) is 25.7 Å². The molecule has 3 fully saturated rings. The minimum Gasteiger partial charge on any atom is -0.393 e. The number of rotatable bonds is 4. The molecule has 1 N–H and O–H groups in total. The summed E-state index contributed by atoms with van der Waals surface area (Å²) in [4.78, 5) is 0. The van der Waals surface area contributed by atoms with Gasteiger partial charge < -0.3 is 9.84 Å². The molecule has 3 aliphatic carbocycles. The maximum absolute atomic E-state index is 9.71. The van der Waals surface area contributed by atoms with Crippen molar-refractivity contribution in [3.63, 3.8) is 0 Å². The van der Waals surface area contributed by atoms with Crippen molar-refractivity contribution in [2.24, 2.45) is 22.7 Å². The van der Waals surface area contributed by atoms with Gasteiger partial charge in [-0.05, 0) is 74.0 Å². The summed E-state index contributed by atoms with van der Waals surface area (Å²) in [5.74, 6) is 1.79. The van der Waals surface area contributed by atoms with Crippen LogP contribution >= 0.6 is 0 Å². The third kappa shape index (κ3) is 2.33. The minimum atomic E-state index is -0.118. The highest BCUT2D eigenvalue weighted by Crippen LogP contribution is 2.68. The monoisotopic (exact) mass is 280 g/mol. The van der Waals surface area contributed by atoms with Gasteiger partial charge in [-0.1, -0.05) is 20.8 Å². The first-order chi connectivity index (χ1) is 9.43. The fourth-order valence-electron chi connectivity index (χ4n) is 5.45. The van der Waals surface area contributed by atoms with Crippen LogP contribution in [0.2, 0.25) is 0 Å². The zero-order valence-electron chi connectivity index (χ0n) is 13.5. The average molecular weight is 280 g/mol. The first-order valence-corrected chi connectivity index (χ1v) is 8.73. The molecule has 3 saturated carbocycles. The lowest BCUT2D eigenvalue weighted by molar-refractivity contribution is -0.0262. The maximum atomic E-state index is 9.71. The lowest BCUT2D eigenvalue weighted by atomic mass is 9.66. The van der Waals surface area contributed by atoms with Crippen LogP contribution in [0.4, 0.5) is 0 Å². The van der Waals surface area contributed by atoms with Crippen LogP contribution in [0.3, 0.4) is 0 Å². The molecular formula is C18H32O2. The third-order valence-corrected chi connectivity index (χ3v) is 7.39. The first-order valence-electron chi connectivity index (χ1n) is 8.73. The van der Waals surface area contributed by atoms with Crippen LogP contribution in [0.15, 0.2) is 0 Å². The second-order valence-electron chi connectivity index (χ2n) is 8.41. The predicted molar refractivity (Wildman–Crippen MR) is 81.6 cm³/mol. The number of hydrogen-bond donors (Lipinski definition) is 1. The van der Waals surface area contributed by atoms with E-state index < -0.39 is 0 Å². The summed E-state index contributed by atoms with van der Waals surface area (Å²) in [5.41, 5.74) is 1.06. The van der Waals surface area contributed by atoms with Gasteiger partial charge in [0.1, 0.15) is 0 Å². The standard InChI is InChI=1S/C18H32O2/c1-17(2)13-7-9-18(17,3)14(11-13)8-10-20-16-6-4-5-15(19)12-16/h13-16,19H,4-12H2,1-3H3/t13-,14-,15?,16?,18+/m1/s1. The lowest BCUT2D eigenvalue weighted by Gasteiger charge is -2.39. The van der Waals surface area contributed by atoms with Crippen molar-refractivity contribution in [2.75, 3.05) is 6.61 Å². The van der Waals surface area contributed by atoms with Gasteiger partial charge in [-0.25, -0.2) is 0 Å². The molecule has 116 valence electrons. The highest BCUT2D eigenvalue weighted by atomic mass is 16.5. The molecule has 0 aromatic carbocycles. The van der Waals surface area contributed by atoms with E-state index >= 15 is 0 Å². The van der Waals surface area contributed by atoms with Crippen molar-refractivity contribution < 1.29 is 9.84 Å². The molecule has 2 heteroatoms. The Bertz CT molecular complexity index is 351. The Morgan fingerprint density at radius 3 is 2.50 bits per heavy atom. The molecule has 2 unspecified atom stereocenters. The molecule has 0 spiro atoms. The van der Waals surface area contributed by atoms with Crippen LogP contribution in [0.5, 0.6) is 0 Å². The molecule has 0 aromatic rings. The van der Waals surface area contributed by atoms with Crippen LogP contribution in [0.25, 0.3) is 0 Å². The largest absolute Gasteiger partial charge is 0.393 e. The summed E-state index contributed by atoms with van der Waals surface area (Å²) in [5, 5.41) is 9.71. The Morgan fingerprint density at radius 1 is 1.10 bits per heavy atom. The van der Waals surface area contributed by atoms with Gasteiger partial charge in [-0.3, -0.25) is 0 Å². The van der Waals surface area contributed by atoms with Gasteiger partial charge in [0.25, 0.3) is 0 Å². The lowest BCUT2D eigenvalue weighted by Crippen LogP contribution is -2.33. The van der Waals surface area contributed by atoms with Crippen molar-refractivity contribution in [1.82, 2.24) is 0 Å². The van der Waals surface area contributed by atoms with Crippen molar-refractivity contribution in [2.45, 2.75) is 84.3 Å². The van der Waals surface area contributed by atoms with Gasteiger partial charge in [0.15, 0.2) is 0 Å². The Hall–Kier alpha value is -0.0800. The SMILES string of the molecule is CC1(C)[C@@H]2CC[C@@]1(C)[C@H](CCOC1CCCC(O)C1)C2. The molecule has 0 heterocycles. The van der Waals surface area contributed by atoms with Crippen LogP contribution in [-0.2, 0) is 4.74 Å². The van der Waals surface area contributed by atoms with Gasteiger partial charge in [-0.15, -0.1) is 0 Å². The third-order valence-electron chi connectivity index (χ3n) is 7.39. The normalized spacial score (nSPS) is 46.8. The van der Waals surface area contributed by atoms with E-state index in [2.05, 4.69) is 20.8 Å². The quantitative estimate of drug-likeness (QED) is 0.838. The molecule has 0 aromatic heterocycles. The Morgan fingerprint density at radius 2 is 1.90 bits per heavy atom. The van der Waals surface area contributed by atoms with Gasteiger partial charge in [0, 0.05) is 6.61 Å². The molecular weight excluding hydrogens is 248 g/mol. The molecule has 0 aliphatic heterocycles. The Labute approximate surface area is 124 Å². The number of hydrogen-bond acceptors (Lipinski definition) is 2. The van der Waals surface area contributed by atoms with E-state index in [1.54, 1.807) is 0 Å². The second-order valence-corrected chi connectivity index (χ2v) is 8.41. The number of ether oxygens (including phenoxy) is 1. The van der Waals surface area contributed by atoms with Gasteiger partial charge in [0.05, 0.1) is 12.2 Å². The maximum Gasteiger partial charge on any atom is 0.0599 e. The zero-order valence-corrected chi connectivity index (χ0v) is 13.5.